The molecule has 1 rings (SSSR count). The third-order valence-electron chi connectivity index (χ3n) is 3.13. The first-order valence-electron chi connectivity index (χ1n) is 7.00. The number of hydrogen-bond donors (Lipinski definition) is 1. The van der Waals surface area contributed by atoms with Gasteiger partial charge in [-0.3, -0.25) is 4.79 Å². The van der Waals surface area contributed by atoms with E-state index in [9.17, 15) is 9.18 Å². The Bertz CT molecular complexity index is 417. The van der Waals surface area contributed by atoms with Crippen LogP contribution in [0.15, 0.2) is 24.3 Å². The topological polar surface area (TPSA) is 38.3 Å². The average Bonchev–Trinajstić information content (AvgIpc) is 2.39. The molecule has 0 aromatic heterocycles. The summed E-state index contributed by atoms with van der Waals surface area (Å²) in [6.07, 6.45) is 1.48. The number of nitrogens with one attached hydrogen (secondary N) is 1. The number of esters is 1. The molecule has 0 aliphatic carbocycles. The van der Waals surface area contributed by atoms with Crippen molar-refractivity contribution in [1.82, 2.24) is 5.32 Å². The highest BCUT2D eigenvalue weighted by Gasteiger charge is 2.22. The van der Waals surface area contributed by atoms with Gasteiger partial charge >= 0.3 is 5.97 Å². The lowest BCUT2D eigenvalue weighted by atomic mass is 10.0. The minimum absolute atomic E-state index is 0.114. The van der Waals surface area contributed by atoms with E-state index in [4.69, 9.17) is 4.74 Å². The van der Waals surface area contributed by atoms with E-state index >= 15 is 0 Å². The molecule has 0 spiro atoms. The minimum Gasteiger partial charge on any atom is -0.468 e. The minimum atomic E-state index is -0.296. The standard InChI is InChI=1S/C16H24FNO2/c1-11(2)9-15(16(19)20-4)18-12(3)10-13-5-7-14(17)8-6-13/h5-8,11-12,15,18H,9-10H2,1-4H3. The number of hydrogen-bond acceptors (Lipinski definition) is 3. The van der Waals surface area contributed by atoms with Gasteiger partial charge in [-0.2, -0.15) is 0 Å². The van der Waals surface area contributed by atoms with Crippen molar-refractivity contribution in [2.75, 3.05) is 7.11 Å². The largest absolute Gasteiger partial charge is 0.468 e. The molecule has 1 aromatic rings. The van der Waals surface area contributed by atoms with E-state index in [-0.39, 0.29) is 23.9 Å². The molecule has 0 saturated heterocycles. The van der Waals surface area contributed by atoms with Crippen molar-refractivity contribution in [3.63, 3.8) is 0 Å². The summed E-state index contributed by atoms with van der Waals surface area (Å²) in [6, 6.07) is 6.26. The third kappa shape index (κ3) is 5.70. The maximum atomic E-state index is 12.9. The van der Waals surface area contributed by atoms with Gasteiger partial charge in [0.05, 0.1) is 7.11 Å². The number of carbonyl (C=O) groups excluding carboxylic acids is 1. The molecular weight excluding hydrogens is 257 g/mol. The summed E-state index contributed by atoms with van der Waals surface area (Å²) in [5, 5.41) is 3.29. The van der Waals surface area contributed by atoms with Gasteiger partial charge < -0.3 is 10.1 Å². The Morgan fingerprint density at radius 3 is 2.35 bits per heavy atom. The summed E-state index contributed by atoms with van der Waals surface area (Å²) in [7, 11) is 1.40. The second-order valence-electron chi connectivity index (χ2n) is 5.60. The molecule has 2 atom stereocenters. The van der Waals surface area contributed by atoms with Crippen LogP contribution in [0.25, 0.3) is 0 Å². The molecule has 0 amide bonds. The first-order valence-corrected chi connectivity index (χ1v) is 7.00. The van der Waals surface area contributed by atoms with Crippen molar-refractivity contribution in [3.8, 4) is 0 Å². The van der Waals surface area contributed by atoms with Crippen LogP contribution in [-0.2, 0) is 16.0 Å². The monoisotopic (exact) mass is 281 g/mol. The Balaban J connectivity index is 2.58. The van der Waals surface area contributed by atoms with Crippen LogP contribution in [0.2, 0.25) is 0 Å². The Hall–Kier alpha value is -1.42. The lowest BCUT2D eigenvalue weighted by Crippen LogP contribution is -2.44. The van der Waals surface area contributed by atoms with E-state index in [1.54, 1.807) is 12.1 Å². The summed E-state index contributed by atoms with van der Waals surface area (Å²) in [5.41, 5.74) is 1.04. The molecule has 1 aromatic carbocycles. The van der Waals surface area contributed by atoms with Gasteiger partial charge in [-0.15, -0.1) is 0 Å². The zero-order valence-corrected chi connectivity index (χ0v) is 12.7. The fraction of sp³-hybridized carbons (Fsp3) is 0.562. The molecule has 0 heterocycles. The highest BCUT2D eigenvalue weighted by atomic mass is 19.1. The third-order valence-corrected chi connectivity index (χ3v) is 3.13. The van der Waals surface area contributed by atoms with Crippen LogP contribution < -0.4 is 5.32 Å². The van der Waals surface area contributed by atoms with Gasteiger partial charge in [-0.1, -0.05) is 26.0 Å². The molecule has 0 aliphatic rings. The molecule has 0 aliphatic heterocycles. The van der Waals surface area contributed by atoms with Gasteiger partial charge in [-0.25, -0.2) is 4.39 Å². The van der Waals surface area contributed by atoms with E-state index in [1.807, 2.05) is 6.92 Å². The highest BCUT2D eigenvalue weighted by molar-refractivity contribution is 5.75. The highest BCUT2D eigenvalue weighted by Crippen LogP contribution is 2.10. The smallest absolute Gasteiger partial charge is 0.322 e. The Labute approximate surface area is 120 Å². The molecule has 0 bridgehead atoms. The number of ether oxygens (including phenoxy) is 1. The van der Waals surface area contributed by atoms with Gasteiger partial charge in [0, 0.05) is 6.04 Å². The molecule has 0 fully saturated rings. The first kappa shape index (κ1) is 16.6. The van der Waals surface area contributed by atoms with E-state index in [2.05, 4.69) is 19.2 Å². The van der Waals surface area contributed by atoms with Crippen molar-refractivity contribution in [1.29, 1.82) is 0 Å². The van der Waals surface area contributed by atoms with E-state index in [0.717, 1.165) is 18.4 Å². The predicted octanol–water partition coefficient (Wildman–Crippen LogP) is 2.93. The number of halogens is 1. The number of rotatable bonds is 7. The number of benzene rings is 1. The summed E-state index contributed by atoms with van der Waals surface area (Å²) >= 11 is 0. The number of carbonyl (C=O) groups is 1. The normalized spacial score (nSPS) is 14.1. The summed E-state index contributed by atoms with van der Waals surface area (Å²) in [5.74, 6) is -0.0594. The van der Waals surface area contributed by atoms with Gasteiger partial charge in [0.1, 0.15) is 11.9 Å². The molecule has 0 saturated carbocycles. The molecule has 20 heavy (non-hydrogen) atoms. The lowest BCUT2D eigenvalue weighted by molar-refractivity contribution is -0.143. The molecule has 0 radical (unpaired) electrons. The Morgan fingerprint density at radius 2 is 1.85 bits per heavy atom. The van der Waals surface area contributed by atoms with Crippen molar-refractivity contribution in [2.45, 2.75) is 45.7 Å². The van der Waals surface area contributed by atoms with Crippen molar-refractivity contribution in [2.24, 2.45) is 5.92 Å². The van der Waals surface area contributed by atoms with E-state index < -0.39 is 0 Å². The summed E-state index contributed by atoms with van der Waals surface area (Å²) in [6.45, 7) is 6.16. The quantitative estimate of drug-likeness (QED) is 0.781. The molecule has 112 valence electrons. The first-order chi connectivity index (χ1) is 9.42. The van der Waals surface area contributed by atoms with Gasteiger partial charge in [0.15, 0.2) is 0 Å². The van der Waals surface area contributed by atoms with Crippen LogP contribution in [0, 0.1) is 11.7 Å². The zero-order chi connectivity index (χ0) is 15.1. The maximum Gasteiger partial charge on any atom is 0.322 e. The van der Waals surface area contributed by atoms with E-state index in [0.29, 0.717) is 5.92 Å². The van der Waals surface area contributed by atoms with Crippen LogP contribution in [0.3, 0.4) is 0 Å². The van der Waals surface area contributed by atoms with Crippen LogP contribution in [0.4, 0.5) is 4.39 Å². The second kappa shape index (κ2) is 8.00. The van der Waals surface area contributed by atoms with Crippen LogP contribution in [0.5, 0.6) is 0 Å². The van der Waals surface area contributed by atoms with Crippen LogP contribution in [-0.4, -0.2) is 25.2 Å². The maximum absolute atomic E-state index is 12.9. The van der Waals surface area contributed by atoms with Crippen LogP contribution >= 0.6 is 0 Å². The molecule has 2 unspecified atom stereocenters. The van der Waals surface area contributed by atoms with Crippen LogP contribution in [0.1, 0.15) is 32.8 Å². The van der Waals surface area contributed by atoms with E-state index in [1.165, 1.54) is 19.2 Å². The molecule has 3 nitrogen and oxygen atoms in total. The fourth-order valence-electron chi connectivity index (χ4n) is 2.22. The zero-order valence-electron chi connectivity index (χ0n) is 12.7. The van der Waals surface area contributed by atoms with Gasteiger partial charge in [0.2, 0.25) is 0 Å². The van der Waals surface area contributed by atoms with Gasteiger partial charge in [-0.05, 0) is 43.4 Å². The second-order valence-corrected chi connectivity index (χ2v) is 5.60. The predicted molar refractivity (Wildman–Crippen MR) is 78.0 cm³/mol. The van der Waals surface area contributed by atoms with Gasteiger partial charge in [0.25, 0.3) is 0 Å². The Kier molecular flexibility index (Phi) is 6.65. The van der Waals surface area contributed by atoms with Crippen molar-refractivity contribution in [3.05, 3.63) is 35.6 Å². The van der Waals surface area contributed by atoms with Crippen molar-refractivity contribution < 1.29 is 13.9 Å². The number of methoxy groups -OCH3 is 1. The summed E-state index contributed by atoms with van der Waals surface area (Å²) < 4.78 is 17.7. The Morgan fingerprint density at radius 1 is 1.25 bits per heavy atom. The summed E-state index contributed by atoms with van der Waals surface area (Å²) in [4.78, 5) is 11.7. The molecular formula is C16H24FNO2. The molecule has 1 N–H and O–H groups in total. The van der Waals surface area contributed by atoms with Crippen molar-refractivity contribution >= 4 is 5.97 Å². The SMILES string of the molecule is COC(=O)C(CC(C)C)NC(C)Cc1ccc(F)cc1. The fourth-order valence-corrected chi connectivity index (χ4v) is 2.22. The molecule has 4 heteroatoms. The lowest BCUT2D eigenvalue weighted by Gasteiger charge is -2.23. The average molecular weight is 281 g/mol.